The summed E-state index contributed by atoms with van der Waals surface area (Å²) in [5.74, 6) is 0.741. The summed E-state index contributed by atoms with van der Waals surface area (Å²) in [7, 11) is -3.17. The Morgan fingerprint density at radius 3 is 2.55 bits per heavy atom. The largest absolute Gasteiger partial charge is 0.486 e. The quantitative estimate of drug-likeness (QED) is 0.835. The van der Waals surface area contributed by atoms with Crippen molar-refractivity contribution in [3.05, 3.63) is 29.3 Å². The molecule has 5 nitrogen and oxygen atoms in total. The molecule has 1 saturated heterocycles. The van der Waals surface area contributed by atoms with Crippen molar-refractivity contribution < 1.29 is 17.9 Å². The molecule has 1 spiro atoms. The van der Waals surface area contributed by atoms with Crippen molar-refractivity contribution in [3.63, 3.8) is 0 Å². The molecule has 2 aliphatic rings. The fraction of sp³-hybridized carbons (Fsp3) is 0.562. The topological polar surface area (TPSA) is 63.7 Å². The zero-order valence-electron chi connectivity index (χ0n) is 13.0. The van der Waals surface area contributed by atoms with E-state index in [1.807, 2.05) is 18.2 Å². The molecular formula is C16H21NO4S. The Kier molecular flexibility index (Phi) is 3.77. The van der Waals surface area contributed by atoms with Crippen LogP contribution in [0.15, 0.2) is 18.2 Å². The standard InChI is InChI=1S/C16H21NO4S/c1-3-12-4-5-15-13(10-12)14(18)11-16(21-15)6-8-17(9-7-16)22(2,19)20/h4-5,10H,3,6-9,11H2,1-2H3. The lowest BCUT2D eigenvalue weighted by atomic mass is 9.82. The highest BCUT2D eigenvalue weighted by Gasteiger charge is 2.44. The number of ether oxygens (including phenoxy) is 1. The van der Waals surface area contributed by atoms with Gasteiger partial charge >= 0.3 is 0 Å². The number of carbonyl (C=O) groups is 1. The van der Waals surface area contributed by atoms with Crippen LogP contribution in [-0.4, -0.2) is 43.5 Å². The van der Waals surface area contributed by atoms with Gasteiger partial charge in [-0.05, 0) is 24.1 Å². The van der Waals surface area contributed by atoms with Gasteiger partial charge in [0, 0.05) is 25.9 Å². The van der Waals surface area contributed by atoms with Gasteiger partial charge in [0.15, 0.2) is 5.78 Å². The minimum atomic E-state index is -3.17. The Labute approximate surface area is 131 Å². The van der Waals surface area contributed by atoms with Gasteiger partial charge in [-0.2, -0.15) is 0 Å². The predicted molar refractivity (Wildman–Crippen MR) is 83.8 cm³/mol. The Bertz CT molecular complexity index is 703. The molecule has 0 saturated carbocycles. The van der Waals surface area contributed by atoms with Gasteiger partial charge < -0.3 is 4.74 Å². The van der Waals surface area contributed by atoms with Crippen molar-refractivity contribution in [1.29, 1.82) is 0 Å². The van der Waals surface area contributed by atoms with Crippen LogP contribution in [0, 0.1) is 0 Å². The van der Waals surface area contributed by atoms with Crippen molar-refractivity contribution in [1.82, 2.24) is 4.31 Å². The van der Waals surface area contributed by atoms with Crippen molar-refractivity contribution in [2.45, 2.75) is 38.2 Å². The molecule has 1 aromatic carbocycles. The lowest BCUT2D eigenvalue weighted by molar-refractivity contribution is 0.00599. The van der Waals surface area contributed by atoms with E-state index in [1.165, 1.54) is 10.6 Å². The average Bonchev–Trinajstić information content (AvgIpc) is 2.46. The maximum absolute atomic E-state index is 12.5. The number of aryl methyl sites for hydroxylation is 1. The van der Waals surface area contributed by atoms with Gasteiger partial charge in [0.2, 0.25) is 10.0 Å². The van der Waals surface area contributed by atoms with Crippen LogP contribution in [0.2, 0.25) is 0 Å². The molecule has 0 unspecified atom stereocenters. The van der Waals surface area contributed by atoms with Gasteiger partial charge in [-0.1, -0.05) is 13.0 Å². The Balaban J connectivity index is 1.83. The van der Waals surface area contributed by atoms with E-state index in [-0.39, 0.29) is 5.78 Å². The summed E-state index contributed by atoms with van der Waals surface area (Å²) >= 11 is 0. The third-order valence-electron chi connectivity index (χ3n) is 4.66. The second kappa shape index (κ2) is 5.35. The van der Waals surface area contributed by atoms with Crippen LogP contribution in [0.5, 0.6) is 5.75 Å². The minimum absolute atomic E-state index is 0.101. The Morgan fingerprint density at radius 1 is 1.27 bits per heavy atom. The molecule has 0 N–H and O–H groups in total. The molecule has 0 radical (unpaired) electrons. The van der Waals surface area contributed by atoms with Crippen molar-refractivity contribution >= 4 is 15.8 Å². The second-order valence-electron chi connectivity index (χ2n) is 6.23. The van der Waals surface area contributed by atoms with Gasteiger partial charge in [-0.25, -0.2) is 12.7 Å². The van der Waals surface area contributed by atoms with Crippen molar-refractivity contribution in [2.24, 2.45) is 0 Å². The van der Waals surface area contributed by atoms with Gasteiger partial charge in [-0.3, -0.25) is 4.79 Å². The van der Waals surface area contributed by atoms with Crippen molar-refractivity contribution in [2.75, 3.05) is 19.3 Å². The van der Waals surface area contributed by atoms with Crippen LogP contribution >= 0.6 is 0 Å². The number of benzene rings is 1. The van der Waals surface area contributed by atoms with Crippen LogP contribution in [0.4, 0.5) is 0 Å². The Hall–Kier alpha value is -1.40. The first-order valence-electron chi connectivity index (χ1n) is 7.63. The molecule has 1 fully saturated rings. The van der Waals surface area contributed by atoms with E-state index in [9.17, 15) is 13.2 Å². The zero-order chi connectivity index (χ0) is 16.0. The monoisotopic (exact) mass is 323 g/mol. The molecule has 2 heterocycles. The highest BCUT2D eigenvalue weighted by Crippen LogP contribution is 2.40. The maximum Gasteiger partial charge on any atom is 0.211 e. The third kappa shape index (κ3) is 2.77. The van der Waals surface area contributed by atoms with Crippen LogP contribution < -0.4 is 4.74 Å². The highest BCUT2D eigenvalue weighted by atomic mass is 32.2. The van der Waals surface area contributed by atoms with Gasteiger partial charge in [-0.15, -0.1) is 0 Å². The fourth-order valence-corrected chi connectivity index (χ4v) is 4.11. The number of Topliss-reactive ketones (excluding diaryl/α,β-unsaturated/α-hetero) is 1. The average molecular weight is 323 g/mol. The summed E-state index contributed by atoms with van der Waals surface area (Å²) in [5.41, 5.74) is 1.24. The number of rotatable bonds is 2. The summed E-state index contributed by atoms with van der Waals surface area (Å²) in [4.78, 5) is 12.5. The smallest absolute Gasteiger partial charge is 0.211 e. The third-order valence-corrected chi connectivity index (χ3v) is 5.97. The van der Waals surface area contributed by atoms with E-state index < -0.39 is 15.6 Å². The van der Waals surface area contributed by atoms with Gasteiger partial charge in [0.1, 0.15) is 11.4 Å². The van der Waals surface area contributed by atoms with E-state index in [0.717, 1.165) is 12.0 Å². The SMILES string of the molecule is CCc1ccc2c(c1)C(=O)CC1(CCN(S(C)(=O)=O)CC1)O2. The molecule has 6 heteroatoms. The van der Waals surface area contributed by atoms with E-state index >= 15 is 0 Å². The minimum Gasteiger partial charge on any atom is -0.486 e. The molecule has 2 aliphatic heterocycles. The summed E-state index contributed by atoms with van der Waals surface area (Å²) in [6.45, 7) is 2.88. The number of sulfonamides is 1. The molecule has 0 aromatic heterocycles. The predicted octanol–water partition coefficient (Wildman–Crippen LogP) is 2.01. The normalized spacial score (nSPS) is 21.5. The second-order valence-corrected chi connectivity index (χ2v) is 8.21. The van der Waals surface area contributed by atoms with E-state index in [1.54, 1.807) is 0 Å². The molecule has 22 heavy (non-hydrogen) atoms. The number of hydrogen-bond acceptors (Lipinski definition) is 4. The number of fused-ring (bicyclic) bond motifs is 1. The molecule has 0 atom stereocenters. The number of ketones is 1. The lowest BCUT2D eigenvalue weighted by Crippen LogP contribution is -2.52. The molecule has 1 aromatic rings. The molecule has 0 bridgehead atoms. The fourth-order valence-electron chi connectivity index (χ4n) is 3.27. The molecule has 0 aliphatic carbocycles. The molecule has 120 valence electrons. The summed E-state index contributed by atoms with van der Waals surface area (Å²) in [5, 5.41) is 0. The van der Waals surface area contributed by atoms with Crippen LogP contribution in [0.1, 0.15) is 42.1 Å². The van der Waals surface area contributed by atoms with Gasteiger partial charge in [0.25, 0.3) is 0 Å². The first-order valence-corrected chi connectivity index (χ1v) is 9.48. The number of piperidine rings is 1. The number of nitrogens with zero attached hydrogens (tertiary/aromatic N) is 1. The molecule has 0 amide bonds. The Morgan fingerprint density at radius 2 is 1.95 bits per heavy atom. The lowest BCUT2D eigenvalue weighted by Gasteiger charge is -2.43. The van der Waals surface area contributed by atoms with Crippen LogP contribution in [-0.2, 0) is 16.4 Å². The first kappa shape index (κ1) is 15.5. The summed E-state index contributed by atoms with van der Waals surface area (Å²) < 4.78 is 30.8. The number of carbonyl (C=O) groups excluding carboxylic acids is 1. The van der Waals surface area contributed by atoms with E-state index in [0.29, 0.717) is 43.7 Å². The van der Waals surface area contributed by atoms with E-state index in [2.05, 4.69) is 6.92 Å². The van der Waals surface area contributed by atoms with E-state index in [4.69, 9.17) is 4.74 Å². The van der Waals surface area contributed by atoms with Crippen LogP contribution in [0.3, 0.4) is 0 Å². The summed E-state index contributed by atoms with van der Waals surface area (Å²) in [6.07, 6.45) is 3.56. The van der Waals surface area contributed by atoms with Gasteiger partial charge in [0.05, 0.1) is 18.2 Å². The number of hydrogen-bond donors (Lipinski definition) is 0. The van der Waals surface area contributed by atoms with Crippen LogP contribution in [0.25, 0.3) is 0 Å². The maximum atomic E-state index is 12.5. The van der Waals surface area contributed by atoms with Crippen molar-refractivity contribution in [3.8, 4) is 5.75 Å². The molecule has 3 rings (SSSR count). The summed E-state index contributed by atoms with van der Waals surface area (Å²) in [6, 6.07) is 5.77. The zero-order valence-corrected chi connectivity index (χ0v) is 13.8. The molecular weight excluding hydrogens is 302 g/mol. The highest BCUT2D eigenvalue weighted by molar-refractivity contribution is 7.88. The first-order chi connectivity index (χ1) is 10.3.